The van der Waals surface area contributed by atoms with Crippen LogP contribution < -0.4 is 0 Å². The van der Waals surface area contributed by atoms with Gasteiger partial charge in [0.1, 0.15) is 5.60 Å². The van der Waals surface area contributed by atoms with Gasteiger partial charge in [-0.05, 0) is 95.0 Å². The molecule has 0 radical (unpaired) electrons. The molecule has 3 heteroatoms. The molecule has 0 aromatic heterocycles. The maximum absolute atomic E-state index is 12.0. The standard InChI is InChI=1S/C26H38O2.C2H6.C2H2.CH4O/c1-19-9-5-6-10-20(19)14-15-21-11-8-18-26(4)22(16-17-23(21)26)12-7-13-24(27)25(2,3)28;3*1-2/h14-16,23,28H,1,5-13,17-18H2,2-4H3;1-2H3;1-2H;2H,1H3/b20-14-,21-15+;;;. The van der Waals surface area contributed by atoms with Crippen molar-refractivity contribution in [1.82, 2.24) is 0 Å². The summed E-state index contributed by atoms with van der Waals surface area (Å²) in [6.45, 7) is 13.9. The summed E-state index contributed by atoms with van der Waals surface area (Å²) in [7, 11) is 1.00. The summed E-state index contributed by atoms with van der Waals surface area (Å²) in [5, 5.41) is 16.9. The number of rotatable bonds is 6. The van der Waals surface area contributed by atoms with Crippen molar-refractivity contribution in [2.24, 2.45) is 11.3 Å². The molecule has 0 aromatic rings. The van der Waals surface area contributed by atoms with Crippen LogP contribution in [0, 0.1) is 24.2 Å². The second-order valence-electron chi connectivity index (χ2n) is 9.87. The van der Waals surface area contributed by atoms with Gasteiger partial charge in [-0.25, -0.2) is 0 Å². The third kappa shape index (κ3) is 8.71. The molecular formula is C31H50O3. The van der Waals surface area contributed by atoms with E-state index in [1.54, 1.807) is 25.0 Å². The maximum atomic E-state index is 12.0. The summed E-state index contributed by atoms with van der Waals surface area (Å²) < 4.78 is 0. The number of hydrogen-bond donors (Lipinski definition) is 2. The van der Waals surface area contributed by atoms with Crippen molar-refractivity contribution in [3.63, 3.8) is 0 Å². The van der Waals surface area contributed by atoms with Crippen LogP contribution in [-0.2, 0) is 4.79 Å². The van der Waals surface area contributed by atoms with Gasteiger partial charge in [-0.15, -0.1) is 12.8 Å². The predicted octanol–water partition coefficient (Wildman–Crippen LogP) is 7.50. The largest absolute Gasteiger partial charge is 0.400 e. The van der Waals surface area contributed by atoms with Crippen molar-refractivity contribution in [2.45, 2.75) is 111 Å². The summed E-state index contributed by atoms with van der Waals surface area (Å²) in [5.74, 6) is 0.575. The SMILES string of the molecule is C#C.C=C1CCCC/C1=C/C=C1\CCCC2(C)C(CCCC(=O)C(C)(C)O)=CCC12.CC.CO. The Morgan fingerprint density at radius 2 is 1.76 bits per heavy atom. The molecular weight excluding hydrogens is 420 g/mol. The zero-order valence-electron chi connectivity index (χ0n) is 22.8. The van der Waals surface area contributed by atoms with Crippen molar-refractivity contribution in [2.75, 3.05) is 7.11 Å². The number of carbonyl (C=O) groups is 1. The summed E-state index contributed by atoms with van der Waals surface area (Å²) in [5.41, 5.74) is 5.00. The molecule has 34 heavy (non-hydrogen) atoms. The molecule has 0 aliphatic heterocycles. The van der Waals surface area contributed by atoms with E-state index in [0.717, 1.165) is 32.8 Å². The van der Waals surface area contributed by atoms with Crippen molar-refractivity contribution in [3.8, 4) is 12.8 Å². The highest BCUT2D eigenvalue weighted by atomic mass is 16.3. The van der Waals surface area contributed by atoms with Gasteiger partial charge in [0.25, 0.3) is 0 Å². The van der Waals surface area contributed by atoms with Crippen LogP contribution in [0.3, 0.4) is 0 Å². The van der Waals surface area contributed by atoms with E-state index < -0.39 is 5.60 Å². The van der Waals surface area contributed by atoms with Gasteiger partial charge in [0.05, 0.1) is 0 Å². The number of Topliss-reactive ketones (excluding diaryl/α,β-unsaturated/α-hetero) is 1. The van der Waals surface area contributed by atoms with Crippen molar-refractivity contribution in [1.29, 1.82) is 0 Å². The molecule has 2 saturated carbocycles. The minimum Gasteiger partial charge on any atom is -0.400 e. The highest BCUT2D eigenvalue weighted by Gasteiger charge is 2.44. The van der Waals surface area contributed by atoms with Gasteiger partial charge >= 0.3 is 0 Å². The highest BCUT2D eigenvalue weighted by Crippen LogP contribution is 2.55. The minimum absolute atomic E-state index is 0.0450. The van der Waals surface area contributed by atoms with Gasteiger partial charge in [0.2, 0.25) is 0 Å². The second kappa shape index (κ2) is 15.9. The molecule has 0 bridgehead atoms. The molecule has 192 valence electrons. The molecule has 0 amide bonds. The van der Waals surface area contributed by atoms with Gasteiger partial charge in [-0.3, -0.25) is 4.79 Å². The third-order valence-electron chi connectivity index (χ3n) is 7.37. The fraction of sp³-hybridized carbons (Fsp3) is 0.645. The number of aliphatic hydroxyl groups is 2. The Labute approximate surface area is 210 Å². The summed E-state index contributed by atoms with van der Waals surface area (Å²) in [6.07, 6.45) is 27.3. The fourth-order valence-corrected chi connectivity index (χ4v) is 5.44. The van der Waals surface area contributed by atoms with Crippen LogP contribution in [0.25, 0.3) is 0 Å². The smallest absolute Gasteiger partial charge is 0.163 e. The molecule has 3 nitrogen and oxygen atoms in total. The highest BCUT2D eigenvalue weighted by molar-refractivity contribution is 5.86. The molecule has 0 spiro atoms. The number of fused-ring (bicyclic) bond motifs is 1. The normalized spacial score (nSPS) is 26.1. The molecule has 2 N–H and O–H groups in total. The second-order valence-corrected chi connectivity index (χ2v) is 9.87. The lowest BCUT2D eigenvalue weighted by Crippen LogP contribution is -2.32. The summed E-state index contributed by atoms with van der Waals surface area (Å²) in [4.78, 5) is 12.0. The van der Waals surface area contributed by atoms with Gasteiger partial charge in [-0.1, -0.05) is 62.3 Å². The Kier molecular flexibility index (Phi) is 15.0. The molecule has 3 aliphatic rings. The van der Waals surface area contributed by atoms with E-state index in [-0.39, 0.29) is 11.2 Å². The third-order valence-corrected chi connectivity index (χ3v) is 7.37. The van der Waals surface area contributed by atoms with Crippen LogP contribution >= 0.6 is 0 Å². The van der Waals surface area contributed by atoms with Crippen LogP contribution in [0.1, 0.15) is 105 Å². The number of allylic oxidation sites excluding steroid dienone is 7. The first-order valence-electron chi connectivity index (χ1n) is 13.0. The lowest BCUT2D eigenvalue weighted by Gasteiger charge is -2.41. The van der Waals surface area contributed by atoms with E-state index >= 15 is 0 Å². The van der Waals surface area contributed by atoms with E-state index in [0.29, 0.717) is 12.3 Å². The number of hydrogen-bond acceptors (Lipinski definition) is 3. The maximum Gasteiger partial charge on any atom is 0.163 e. The average Bonchev–Trinajstić information content (AvgIpc) is 3.18. The van der Waals surface area contributed by atoms with E-state index in [1.807, 2.05) is 13.8 Å². The zero-order chi connectivity index (χ0) is 26.4. The van der Waals surface area contributed by atoms with Gasteiger partial charge < -0.3 is 10.2 Å². The lowest BCUT2D eigenvalue weighted by molar-refractivity contribution is -0.134. The van der Waals surface area contributed by atoms with Crippen molar-refractivity contribution < 1.29 is 15.0 Å². The van der Waals surface area contributed by atoms with Crippen molar-refractivity contribution in [3.05, 3.63) is 47.1 Å². The van der Waals surface area contributed by atoms with Crippen LogP contribution in [0.5, 0.6) is 0 Å². The van der Waals surface area contributed by atoms with Gasteiger partial charge in [0, 0.05) is 13.5 Å². The first-order valence-corrected chi connectivity index (χ1v) is 13.0. The van der Waals surface area contributed by atoms with Gasteiger partial charge in [0.15, 0.2) is 5.78 Å². The topological polar surface area (TPSA) is 57.5 Å². The monoisotopic (exact) mass is 470 g/mol. The number of aliphatic hydroxyl groups excluding tert-OH is 1. The van der Waals surface area contributed by atoms with E-state index in [9.17, 15) is 9.90 Å². The van der Waals surface area contributed by atoms with Crippen LogP contribution in [0.4, 0.5) is 0 Å². The number of terminal acetylenes is 1. The first kappa shape index (κ1) is 32.1. The quantitative estimate of drug-likeness (QED) is 0.312. The van der Waals surface area contributed by atoms with E-state index in [4.69, 9.17) is 5.11 Å². The lowest BCUT2D eigenvalue weighted by atomic mass is 9.63. The average molecular weight is 471 g/mol. The Balaban J connectivity index is 0.00000168. The van der Waals surface area contributed by atoms with Crippen LogP contribution in [0.15, 0.2) is 47.1 Å². The van der Waals surface area contributed by atoms with Crippen LogP contribution in [0.2, 0.25) is 0 Å². The molecule has 3 rings (SSSR count). The fourth-order valence-electron chi connectivity index (χ4n) is 5.44. The molecule has 0 heterocycles. The van der Waals surface area contributed by atoms with Gasteiger partial charge in [-0.2, -0.15) is 0 Å². The summed E-state index contributed by atoms with van der Waals surface area (Å²) >= 11 is 0. The molecule has 3 aliphatic carbocycles. The Hall–Kier alpha value is -1.89. The first-order chi connectivity index (χ1) is 16.2. The Morgan fingerprint density at radius 3 is 2.35 bits per heavy atom. The summed E-state index contributed by atoms with van der Waals surface area (Å²) in [6, 6.07) is 0. The number of carbonyl (C=O) groups excluding carboxylic acids is 1. The Bertz CT molecular complexity index is 757. The van der Waals surface area contributed by atoms with Crippen LogP contribution in [-0.4, -0.2) is 28.7 Å². The molecule has 2 unspecified atom stereocenters. The molecule has 0 aromatic carbocycles. The molecule has 2 fully saturated rings. The zero-order valence-corrected chi connectivity index (χ0v) is 22.8. The molecule has 0 saturated heterocycles. The van der Waals surface area contributed by atoms with E-state index in [1.165, 1.54) is 49.7 Å². The minimum atomic E-state index is -1.20. The van der Waals surface area contributed by atoms with Crippen molar-refractivity contribution >= 4 is 5.78 Å². The Morgan fingerprint density at radius 1 is 1.15 bits per heavy atom. The van der Waals surface area contributed by atoms with E-state index in [2.05, 4.69) is 44.6 Å². The predicted molar refractivity (Wildman–Crippen MR) is 146 cm³/mol. The number of ketones is 1. The molecule has 2 atom stereocenters.